The van der Waals surface area contributed by atoms with Gasteiger partial charge in [0.15, 0.2) is 0 Å². The molecule has 0 spiro atoms. The number of hydrogen-bond donors (Lipinski definition) is 2. The Morgan fingerprint density at radius 2 is 1.95 bits per heavy atom. The summed E-state index contributed by atoms with van der Waals surface area (Å²) < 4.78 is 12.8. The number of halogens is 1. The van der Waals surface area contributed by atoms with Gasteiger partial charge in [0.1, 0.15) is 11.6 Å². The van der Waals surface area contributed by atoms with Crippen molar-refractivity contribution in [3.63, 3.8) is 0 Å². The van der Waals surface area contributed by atoms with Crippen molar-refractivity contribution in [2.45, 2.75) is 6.54 Å². The molecule has 5 heteroatoms. The predicted molar refractivity (Wildman–Crippen MR) is 70.4 cm³/mol. The molecule has 0 aliphatic carbocycles. The van der Waals surface area contributed by atoms with E-state index in [4.69, 9.17) is 5.26 Å². The molecule has 0 aliphatic heterocycles. The Labute approximate surface area is 115 Å². The zero-order valence-corrected chi connectivity index (χ0v) is 10.4. The summed E-state index contributed by atoms with van der Waals surface area (Å²) in [6, 6.07) is 12.0. The number of hydrogen-bond acceptors (Lipinski definition) is 3. The highest BCUT2D eigenvalue weighted by Crippen LogP contribution is 2.17. The first-order valence-electron chi connectivity index (χ1n) is 5.86. The smallest absolute Gasteiger partial charge is 0.255 e. The second-order valence-corrected chi connectivity index (χ2v) is 4.15. The first-order valence-corrected chi connectivity index (χ1v) is 5.86. The number of benzene rings is 2. The molecule has 0 saturated carbocycles. The maximum Gasteiger partial charge on any atom is 0.255 e. The first-order chi connectivity index (χ1) is 9.60. The van der Waals surface area contributed by atoms with Gasteiger partial charge < -0.3 is 10.4 Å². The second-order valence-electron chi connectivity index (χ2n) is 4.15. The number of aromatic hydroxyl groups is 1. The van der Waals surface area contributed by atoms with Crippen LogP contribution in [0.2, 0.25) is 0 Å². The minimum Gasteiger partial charge on any atom is -0.507 e. The number of amides is 1. The Morgan fingerprint density at radius 3 is 2.55 bits per heavy atom. The minimum absolute atomic E-state index is 0.0139. The average Bonchev–Trinajstić information content (AvgIpc) is 2.45. The van der Waals surface area contributed by atoms with Crippen LogP contribution >= 0.6 is 0 Å². The third-order valence-electron chi connectivity index (χ3n) is 2.74. The first kappa shape index (κ1) is 13.6. The SMILES string of the molecule is N#Cc1ccc(CNC(=O)c2ccc(F)cc2O)cc1. The van der Waals surface area contributed by atoms with Crippen LogP contribution in [0.3, 0.4) is 0 Å². The highest BCUT2D eigenvalue weighted by Gasteiger charge is 2.11. The fourth-order valence-electron chi connectivity index (χ4n) is 1.67. The van der Waals surface area contributed by atoms with Gasteiger partial charge in [0.25, 0.3) is 5.91 Å². The topological polar surface area (TPSA) is 73.1 Å². The van der Waals surface area contributed by atoms with Gasteiger partial charge in [-0.1, -0.05) is 12.1 Å². The van der Waals surface area contributed by atoms with Gasteiger partial charge >= 0.3 is 0 Å². The molecule has 4 nitrogen and oxygen atoms in total. The van der Waals surface area contributed by atoms with Crippen molar-refractivity contribution in [3.05, 3.63) is 65.0 Å². The average molecular weight is 270 g/mol. The minimum atomic E-state index is -0.605. The maximum absolute atomic E-state index is 12.8. The van der Waals surface area contributed by atoms with Crippen molar-refractivity contribution < 1.29 is 14.3 Å². The summed E-state index contributed by atoms with van der Waals surface area (Å²) in [5, 5.41) is 20.8. The van der Waals surface area contributed by atoms with E-state index in [1.165, 1.54) is 6.07 Å². The molecule has 0 unspecified atom stereocenters. The van der Waals surface area contributed by atoms with Gasteiger partial charge in [-0.3, -0.25) is 4.79 Å². The molecule has 2 rings (SSSR count). The number of phenols is 1. The normalized spacial score (nSPS) is 9.80. The molecule has 0 fully saturated rings. The van der Waals surface area contributed by atoms with Crippen molar-refractivity contribution in [1.82, 2.24) is 5.32 Å². The van der Waals surface area contributed by atoms with Crippen molar-refractivity contribution in [2.24, 2.45) is 0 Å². The van der Waals surface area contributed by atoms with Crippen molar-refractivity contribution in [3.8, 4) is 11.8 Å². The molecule has 2 aromatic rings. The third kappa shape index (κ3) is 3.12. The van der Waals surface area contributed by atoms with E-state index < -0.39 is 17.5 Å². The lowest BCUT2D eigenvalue weighted by Crippen LogP contribution is -2.22. The number of carbonyl (C=O) groups excluding carboxylic acids is 1. The van der Waals surface area contributed by atoms with E-state index in [1.807, 2.05) is 6.07 Å². The molecular formula is C15H11FN2O2. The highest BCUT2D eigenvalue weighted by molar-refractivity contribution is 5.96. The molecule has 1 amide bonds. The lowest BCUT2D eigenvalue weighted by Gasteiger charge is -2.07. The standard InChI is InChI=1S/C15H11FN2O2/c16-12-5-6-13(14(19)7-12)15(20)18-9-11-3-1-10(8-17)2-4-11/h1-7,19H,9H2,(H,18,20). The van der Waals surface area contributed by atoms with Crippen molar-refractivity contribution in [2.75, 3.05) is 0 Å². The molecule has 0 aromatic heterocycles. The summed E-state index contributed by atoms with van der Waals surface area (Å²) in [5.74, 6) is -1.50. The van der Waals surface area contributed by atoms with E-state index in [0.717, 1.165) is 17.7 Å². The van der Waals surface area contributed by atoms with E-state index in [2.05, 4.69) is 5.32 Å². The summed E-state index contributed by atoms with van der Waals surface area (Å²) in [6.45, 7) is 0.251. The highest BCUT2D eigenvalue weighted by atomic mass is 19.1. The lowest BCUT2D eigenvalue weighted by molar-refractivity contribution is 0.0948. The fourth-order valence-corrected chi connectivity index (χ4v) is 1.67. The molecule has 20 heavy (non-hydrogen) atoms. The van der Waals surface area contributed by atoms with Gasteiger partial charge in [-0.2, -0.15) is 5.26 Å². The van der Waals surface area contributed by atoms with Gasteiger partial charge in [-0.05, 0) is 29.8 Å². The number of nitriles is 1. The quantitative estimate of drug-likeness (QED) is 0.899. The van der Waals surface area contributed by atoms with E-state index in [1.54, 1.807) is 24.3 Å². The summed E-state index contributed by atoms with van der Waals surface area (Å²) in [6.07, 6.45) is 0. The number of rotatable bonds is 3. The summed E-state index contributed by atoms with van der Waals surface area (Å²) in [7, 11) is 0. The van der Waals surface area contributed by atoms with Gasteiger partial charge in [-0.15, -0.1) is 0 Å². The van der Waals surface area contributed by atoms with E-state index in [0.29, 0.717) is 5.56 Å². The third-order valence-corrected chi connectivity index (χ3v) is 2.74. The molecule has 2 N–H and O–H groups in total. The van der Waals surface area contributed by atoms with E-state index >= 15 is 0 Å². The monoisotopic (exact) mass is 270 g/mol. The molecule has 0 bridgehead atoms. The molecule has 0 saturated heterocycles. The Morgan fingerprint density at radius 1 is 1.25 bits per heavy atom. The lowest BCUT2D eigenvalue weighted by atomic mass is 10.1. The van der Waals surface area contributed by atoms with Gasteiger partial charge in [0.05, 0.1) is 17.2 Å². The summed E-state index contributed by atoms with van der Waals surface area (Å²) in [5.41, 5.74) is 1.37. The molecule has 0 atom stereocenters. The summed E-state index contributed by atoms with van der Waals surface area (Å²) in [4.78, 5) is 11.8. The van der Waals surface area contributed by atoms with Gasteiger partial charge in [-0.25, -0.2) is 4.39 Å². The zero-order chi connectivity index (χ0) is 14.5. The Hall–Kier alpha value is -2.87. The second kappa shape index (κ2) is 5.85. The van der Waals surface area contributed by atoms with Crippen molar-refractivity contribution in [1.29, 1.82) is 5.26 Å². The molecule has 2 aromatic carbocycles. The van der Waals surface area contributed by atoms with Crippen LogP contribution in [0.25, 0.3) is 0 Å². The molecule has 0 radical (unpaired) electrons. The predicted octanol–water partition coefficient (Wildman–Crippen LogP) is 2.33. The van der Waals surface area contributed by atoms with Crippen LogP contribution in [0.15, 0.2) is 42.5 Å². The molecule has 100 valence electrons. The summed E-state index contributed by atoms with van der Waals surface area (Å²) >= 11 is 0. The van der Waals surface area contributed by atoms with Crippen LogP contribution in [0.1, 0.15) is 21.5 Å². The Kier molecular flexibility index (Phi) is 3.96. The number of nitrogens with zero attached hydrogens (tertiary/aromatic N) is 1. The zero-order valence-electron chi connectivity index (χ0n) is 10.4. The van der Waals surface area contributed by atoms with Crippen LogP contribution < -0.4 is 5.32 Å². The van der Waals surface area contributed by atoms with Crippen molar-refractivity contribution >= 4 is 5.91 Å². The molecular weight excluding hydrogens is 259 g/mol. The number of phenolic OH excluding ortho intramolecular Hbond substituents is 1. The number of carbonyl (C=O) groups is 1. The Balaban J connectivity index is 2.03. The molecule has 0 aliphatic rings. The van der Waals surface area contributed by atoms with Gasteiger partial charge in [0.2, 0.25) is 0 Å². The van der Waals surface area contributed by atoms with Crippen LogP contribution in [0.4, 0.5) is 4.39 Å². The maximum atomic E-state index is 12.8. The van der Waals surface area contributed by atoms with Crippen LogP contribution in [0, 0.1) is 17.1 Å². The van der Waals surface area contributed by atoms with Gasteiger partial charge in [0, 0.05) is 12.6 Å². The van der Waals surface area contributed by atoms with Crippen LogP contribution in [0.5, 0.6) is 5.75 Å². The largest absolute Gasteiger partial charge is 0.507 e. The van der Waals surface area contributed by atoms with E-state index in [-0.39, 0.29) is 12.1 Å². The molecule has 0 heterocycles. The fraction of sp³-hybridized carbons (Fsp3) is 0.0667. The van der Waals surface area contributed by atoms with Crippen LogP contribution in [-0.4, -0.2) is 11.0 Å². The Bertz CT molecular complexity index is 675. The van der Waals surface area contributed by atoms with E-state index in [9.17, 15) is 14.3 Å². The number of nitrogens with one attached hydrogen (secondary N) is 1. The van der Waals surface area contributed by atoms with Crippen LogP contribution in [-0.2, 0) is 6.54 Å².